The van der Waals surface area contributed by atoms with Gasteiger partial charge in [0.1, 0.15) is 0 Å². The highest BCUT2D eigenvalue weighted by atomic mass is 32.1. The van der Waals surface area contributed by atoms with Gasteiger partial charge in [0.25, 0.3) is 5.91 Å². The largest absolute Gasteiger partial charge is 0.481 e. The van der Waals surface area contributed by atoms with Crippen LogP contribution in [0.3, 0.4) is 0 Å². The molecular weight excluding hydrogens is 250 g/mol. The van der Waals surface area contributed by atoms with Crippen LogP contribution in [-0.2, 0) is 4.79 Å². The Bertz CT molecular complexity index is 461. The van der Waals surface area contributed by atoms with E-state index in [-0.39, 0.29) is 18.4 Å². The van der Waals surface area contributed by atoms with Gasteiger partial charge in [-0.15, -0.1) is 11.3 Å². The van der Waals surface area contributed by atoms with Crippen molar-refractivity contribution < 1.29 is 14.7 Å². The maximum atomic E-state index is 12.3. The number of aryl methyl sites for hydroxylation is 2. The first-order valence-electron chi connectivity index (χ1n) is 6.09. The monoisotopic (exact) mass is 267 g/mol. The second-order valence-corrected chi connectivity index (χ2v) is 6.00. The molecule has 1 amide bonds. The third kappa shape index (κ3) is 2.56. The summed E-state index contributed by atoms with van der Waals surface area (Å²) in [4.78, 5) is 26.7. The zero-order valence-corrected chi connectivity index (χ0v) is 11.4. The van der Waals surface area contributed by atoms with E-state index in [0.29, 0.717) is 6.54 Å². The fraction of sp³-hybridized carbons (Fsp3) is 0.538. The Morgan fingerprint density at radius 3 is 2.78 bits per heavy atom. The molecule has 1 saturated heterocycles. The van der Waals surface area contributed by atoms with Gasteiger partial charge in [0.2, 0.25) is 0 Å². The van der Waals surface area contributed by atoms with Crippen molar-refractivity contribution >= 4 is 23.2 Å². The molecule has 1 fully saturated rings. The Balaban J connectivity index is 2.15. The van der Waals surface area contributed by atoms with Gasteiger partial charge < -0.3 is 10.0 Å². The smallest absolute Gasteiger partial charge is 0.305 e. The molecule has 4 nitrogen and oxygen atoms in total. The van der Waals surface area contributed by atoms with Crippen LogP contribution in [0.25, 0.3) is 0 Å². The van der Waals surface area contributed by atoms with E-state index in [4.69, 9.17) is 5.11 Å². The van der Waals surface area contributed by atoms with Crippen LogP contribution in [0.1, 0.15) is 39.4 Å². The fourth-order valence-electron chi connectivity index (χ4n) is 2.34. The second kappa shape index (κ2) is 5.10. The molecule has 0 aliphatic carbocycles. The molecule has 1 aliphatic rings. The first-order valence-corrected chi connectivity index (χ1v) is 6.90. The molecule has 1 unspecified atom stereocenters. The zero-order chi connectivity index (χ0) is 13.3. The number of likely N-dealkylation sites (tertiary alicyclic amines) is 1. The zero-order valence-electron chi connectivity index (χ0n) is 10.6. The highest BCUT2D eigenvalue weighted by Crippen LogP contribution is 2.27. The third-order valence-corrected chi connectivity index (χ3v) is 4.57. The lowest BCUT2D eigenvalue weighted by Crippen LogP contribution is -2.36. The van der Waals surface area contributed by atoms with Crippen LogP contribution in [0.2, 0.25) is 0 Å². The summed E-state index contributed by atoms with van der Waals surface area (Å²) in [5.74, 6) is -0.849. The summed E-state index contributed by atoms with van der Waals surface area (Å²) in [5, 5.41) is 8.86. The van der Waals surface area contributed by atoms with E-state index in [0.717, 1.165) is 28.2 Å². The number of carboxylic acid groups (broad SMARTS) is 1. The highest BCUT2D eigenvalue weighted by Gasteiger charge is 2.31. The summed E-state index contributed by atoms with van der Waals surface area (Å²) in [6, 6.07) is 1.76. The predicted molar refractivity (Wildman–Crippen MR) is 70.1 cm³/mol. The molecule has 0 aromatic carbocycles. The molecule has 98 valence electrons. The van der Waals surface area contributed by atoms with Crippen LogP contribution in [0.4, 0.5) is 0 Å². The Kier molecular flexibility index (Phi) is 3.71. The van der Waals surface area contributed by atoms with E-state index < -0.39 is 5.97 Å². The van der Waals surface area contributed by atoms with Crippen molar-refractivity contribution in [2.45, 2.75) is 39.2 Å². The van der Waals surface area contributed by atoms with Crippen molar-refractivity contribution in [2.24, 2.45) is 0 Å². The fourth-order valence-corrected chi connectivity index (χ4v) is 3.33. The average molecular weight is 267 g/mol. The number of rotatable bonds is 3. The minimum Gasteiger partial charge on any atom is -0.481 e. The number of hydrogen-bond donors (Lipinski definition) is 1. The van der Waals surface area contributed by atoms with E-state index in [9.17, 15) is 9.59 Å². The average Bonchev–Trinajstić information content (AvgIpc) is 2.85. The lowest BCUT2D eigenvalue weighted by molar-refractivity contribution is -0.137. The molecule has 18 heavy (non-hydrogen) atoms. The highest BCUT2D eigenvalue weighted by molar-refractivity contribution is 7.14. The van der Waals surface area contributed by atoms with Gasteiger partial charge in [0.05, 0.1) is 11.3 Å². The molecule has 2 heterocycles. The van der Waals surface area contributed by atoms with Crippen molar-refractivity contribution in [1.29, 1.82) is 0 Å². The van der Waals surface area contributed by atoms with Crippen LogP contribution < -0.4 is 0 Å². The molecule has 2 rings (SSSR count). The van der Waals surface area contributed by atoms with Gasteiger partial charge in [0.15, 0.2) is 0 Å². The molecule has 0 saturated carbocycles. The van der Waals surface area contributed by atoms with Crippen LogP contribution in [-0.4, -0.2) is 34.5 Å². The molecule has 1 aromatic rings. The third-order valence-electron chi connectivity index (χ3n) is 3.43. The number of hydrogen-bond acceptors (Lipinski definition) is 3. The van der Waals surface area contributed by atoms with Gasteiger partial charge >= 0.3 is 5.97 Å². The Morgan fingerprint density at radius 2 is 2.22 bits per heavy atom. The van der Waals surface area contributed by atoms with E-state index in [1.165, 1.54) is 11.3 Å². The number of nitrogens with zero attached hydrogens (tertiary/aromatic N) is 1. The maximum absolute atomic E-state index is 12.3. The summed E-state index contributed by atoms with van der Waals surface area (Å²) >= 11 is 1.49. The minimum absolute atomic E-state index is 0.0139. The summed E-state index contributed by atoms with van der Waals surface area (Å²) in [5.41, 5.74) is 1.12. The number of carbonyl (C=O) groups excluding carboxylic acids is 1. The second-order valence-electron chi connectivity index (χ2n) is 4.74. The molecule has 0 bridgehead atoms. The minimum atomic E-state index is -0.835. The number of carbonyl (C=O) groups is 2. The van der Waals surface area contributed by atoms with Crippen molar-refractivity contribution in [2.75, 3.05) is 6.54 Å². The van der Waals surface area contributed by atoms with Crippen LogP contribution >= 0.6 is 11.3 Å². The predicted octanol–water partition coefficient (Wildman–Crippen LogP) is 2.44. The molecular formula is C13H17NO3S. The molecule has 5 heteroatoms. The molecule has 0 spiro atoms. The van der Waals surface area contributed by atoms with E-state index in [2.05, 4.69) is 0 Å². The first kappa shape index (κ1) is 13.1. The number of carboxylic acids is 1. The molecule has 1 aromatic heterocycles. The lowest BCUT2D eigenvalue weighted by atomic mass is 10.1. The topological polar surface area (TPSA) is 57.6 Å². The molecule has 1 N–H and O–H groups in total. The van der Waals surface area contributed by atoms with Gasteiger partial charge in [-0.3, -0.25) is 9.59 Å². The first-order chi connectivity index (χ1) is 8.49. The Morgan fingerprint density at radius 1 is 1.50 bits per heavy atom. The summed E-state index contributed by atoms with van der Waals surface area (Å²) in [6.07, 6.45) is 1.74. The molecule has 1 atom stereocenters. The van der Waals surface area contributed by atoms with Crippen LogP contribution in [0.15, 0.2) is 6.07 Å². The maximum Gasteiger partial charge on any atom is 0.305 e. The number of thiophene rings is 1. The summed E-state index contributed by atoms with van der Waals surface area (Å²) < 4.78 is 0. The number of amides is 1. The van der Waals surface area contributed by atoms with E-state index >= 15 is 0 Å². The van der Waals surface area contributed by atoms with Crippen molar-refractivity contribution in [3.05, 3.63) is 21.4 Å². The normalized spacial score (nSPS) is 19.2. The SMILES string of the molecule is Cc1cc(C(=O)N2CCCC2CC(=O)O)sc1C. The van der Waals surface area contributed by atoms with Crippen LogP contribution in [0.5, 0.6) is 0 Å². The van der Waals surface area contributed by atoms with Gasteiger partial charge in [0, 0.05) is 17.5 Å². The number of aliphatic carboxylic acids is 1. The van der Waals surface area contributed by atoms with Crippen molar-refractivity contribution in [3.8, 4) is 0 Å². The van der Waals surface area contributed by atoms with Crippen molar-refractivity contribution in [1.82, 2.24) is 4.90 Å². The standard InChI is InChI=1S/C13H17NO3S/c1-8-6-11(18-9(8)2)13(17)14-5-3-4-10(14)7-12(15)16/h6,10H,3-5,7H2,1-2H3,(H,15,16). The van der Waals surface area contributed by atoms with Gasteiger partial charge in [-0.05, 0) is 38.3 Å². The van der Waals surface area contributed by atoms with Gasteiger partial charge in [-0.2, -0.15) is 0 Å². The van der Waals surface area contributed by atoms with Gasteiger partial charge in [-0.25, -0.2) is 0 Å². The van der Waals surface area contributed by atoms with E-state index in [1.807, 2.05) is 19.9 Å². The Labute approximate surface area is 110 Å². The lowest BCUT2D eigenvalue weighted by Gasteiger charge is -2.22. The van der Waals surface area contributed by atoms with E-state index in [1.54, 1.807) is 4.90 Å². The summed E-state index contributed by atoms with van der Waals surface area (Å²) in [7, 11) is 0. The van der Waals surface area contributed by atoms with Crippen LogP contribution in [0, 0.1) is 13.8 Å². The van der Waals surface area contributed by atoms with Gasteiger partial charge in [-0.1, -0.05) is 0 Å². The molecule has 0 radical (unpaired) electrons. The summed E-state index contributed by atoms with van der Waals surface area (Å²) in [6.45, 7) is 4.66. The Hall–Kier alpha value is -1.36. The van der Waals surface area contributed by atoms with Crippen molar-refractivity contribution in [3.63, 3.8) is 0 Å². The quantitative estimate of drug-likeness (QED) is 0.915. The molecule has 1 aliphatic heterocycles.